The van der Waals surface area contributed by atoms with E-state index in [1.54, 1.807) is 30.4 Å². The summed E-state index contributed by atoms with van der Waals surface area (Å²) < 4.78 is 42.4. The molecule has 1 aliphatic carbocycles. The molecular weight excluding hydrogens is 671 g/mol. The van der Waals surface area contributed by atoms with Crippen molar-refractivity contribution < 1.29 is 32.3 Å². The molecule has 3 aliphatic rings. The summed E-state index contributed by atoms with van der Waals surface area (Å²) in [5.74, 6) is -0.0147. The number of hydrogen-bond acceptors (Lipinski definition) is 7. The minimum absolute atomic E-state index is 0.0356. The molecule has 0 unspecified atom stereocenters. The van der Waals surface area contributed by atoms with Crippen LogP contribution in [0.3, 0.4) is 0 Å². The topological polar surface area (TPSA) is 115 Å². The van der Waals surface area contributed by atoms with Gasteiger partial charge >= 0.3 is 6.18 Å². The van der Waals surface area contributed by atoms with Crippen LogP contribution in [0.25, 0.3) is 22.0 Å². The summed E-state index contributed by atoms with van der Waals surface area (Å²) in [6.07, 6.45) is 6.78. The number of Topliss-reactive ketones (excluding diaryl/α,β-unsaturated/α-hetero) is 3. The number of halogens is 3. The number of pyridine rings is 1. The van der Waals surface area contributed by atoms with Crippen LogP contribution in [-0.4, -0.2) is 59.8 Å². The number of carbonyl (C=O) groups excluding carboxylic acids is 4. The molecule has 4 aromatic rings. The van der Waals surface area contributed by atoms with Gasteiger partial charge in [0.2, 0.25) is 5.91 Å². The summed E-state index contributed by atoms with van der Waals surface area (Å²) in [4.78, 5) is 68.8. The van der Waals surface area contributed by atoms with Crippen molar-refractivity contribution in [2.24, 2.45) is 5.41 Å². The van der Waals surface area contributed by atoms with Gasteiger partial charge in [-0.25, -0.2) is 15.0 Å². The number of hydrogen-bond donors (Lipinski definition) is 0. The Hall–Kier alpha value is -4.74. The number of piperidine rings is 1. The predicted molar refractivity (Wildman–Crippen MR) is 188 cm³/mol. The maximum atomic E-state index is 14.5. The van der Waals surface area contributed by atoms with Gasteiger partial charge in [-0.3, -0.25) is 19.2 Å². The van der Waals surface area contributed by atoms with E-state index >= 15 is 0 Å². The van der Waals surface area contributed by atoms with E-state index in [9.17, 15) is 32.3 Å². The third kappa shape index (κ3) is 6.91. The molecule has 1 aromatic carbocycles. The molecule has 7 rings (SSSR count). The second-order valence-corrected chi connectivity index (χ2v) is 14.9. The maximum absolute atomic E-state index is 14.5. The van der Waals surface area contributed by atoms with Gasteiger partial charge < -0.3 is 9.47 Å². The van der Waals surface area contributed by atoms with Crippen LogP contribution in [0, 0.1) is 19.3 Å². The van der Waals surface area contributed by atoms with Crippen molar-refractivity contribution in [3.05, 3.63) is 76.8 Å². The number of benzene rings is 1. The fourth-order valence-electron chi connectivity index (χ4n) is 8.38. The molecule has 2 fully saturated rings. The first-order valence-electron chi connectivity index (χ1n) is 18.1. The van der Waals surface area contributed by atoms with E-state index in [1.807, 2.05) is 17.6 Å². The van der Waals surface area contributed by atoms with Gasteiger partial charge in [0.15, 0.2) is 11.6 Å². The first-order chi connectivity index (χ1) is 24.7. The number of carbonyl (C=O) groups is 4. The average Bonchev–Trinajstić information content (AvgIpc) is 3.50. The Balaban J connectivity index is 1.28. The Morgan fingerprint density at radius 1 is 0.942 bits per heavy atom. The van der Waals surface area contributed by atoms with E-state index < -0.39 is 23.3 Å². The number of ketones is 3. The third-order valence-corrected chi connectivity index (χ3v) is 11.3. The Morgan fingerprint density at radius 2 is 1.67 bits per heavy atom. The number of amides is 1. The molecule has 1 saturated heterocycles. The molecule has 0 spiro atoms. The van der Waals surface area contributed by atoms with Crippen LogP contribution < -0.4 is 0 Å². The van der Waals surface area contributed by atoms with Crippen LogP contribution >= 0.6 is 0 Å². The zero-order chi connectivity index (χ0) is 36.9. The third-order valence-electron chi connectivity index (χ3n) is 11.3. The molecule has 272 valence electrons. The number of rotatable bonds is 5. The lowest BCUT2D eigenvalue weighted by atomic mass is 9.89. The zero-order valence-corrected chi connectivity index (χ0v) is 29.7. The zero-order valence-electron chi connectivity index (χ0n) is 29.7. The van der Waals surface area contributed by atoms with Crippen molar-refractivity contribution in [3.63, 3.8) is 0 Å². The van der Waals surface area contributed by atoms with Crippen LogP contribution in [0.2, 0.25) is 0 Å². The Labute approximate surface area is 300 Å². The van der Waals surface area contributed by atoms with E-state index in [0.717, 1.165) is 59.3 Å². The molecule has 1 amide bonds. The van der Waals surface area contributed by atoms with Crippen molar-refractivity contribution in [1.29, 1.82) is 0 Å². The van der Waals surface area contributed by atoms with Crippen molar-refractivity contribution in [2.75, 3.05) is 0 Å². The minimum atomic E-state index is -4.66. The van der Waals surface area contributed by atoms with E-state index in [-0.39, 0.29) is 48.0 Å². The Bertz CT molecular complexity index is 2090. The monoisotopic (exact) mass is 713 g/mol. The van der Waals surface area contributed by atoms with Crippen LogP contribution in [0.1, 0.15) is 103 Å². The molecule has 0 N–H and O–H groups in total. The van der Waals surface area contributed by atoms with Gasteiger partial charge in [-0.15, -0.1) is 0 Å². The number of alkyl halides is 3. The van der Waals surface area contributed by atoms with Gasteiger partial charge in [0, 0.05) is 54.0 Å². The summed E-state index contributed by atoms with van der Waals surface area (Å²) in [5, 5.41) is 0.720. The molecule has 5 heterocycles. The highest BCUT2D eigenvalue weighted by Crippen LogP contribution is 2.62. The molecule has 2 bridgehead atoms. The molecule has 3 aromatic heterocycles. The fourth-order valence-corrected chi connectivity index (χ4v) is 8.38. The standard InChI is InChI=1S/C40H42F3N5O4/c1-23-10-11-35(40(41,42)43)46-32(23)16-34(51)33-17-39-13-12-29(50)9-7-5-4-6-8-26-14-27(28-19-44-25(3)45-20-28)15-30-31(24(2)49)21-47(38(26)30)22-37(52)48(33)36(39)18-39/h10-11,14-15,19-21,33,36H,4-9,12-13,16-18,22H2,1-3H3/t33-,36+,39-/m0/s1. The van der Waals surface area contributed by atoms with E-state index in [1.165, 1.54) is 13.0 Å². The van der Waals surface area contributed by atoms with Crippen LogP contribution in [0.4, 0.5) is 13.2 Å². The largest absolute Gasteiger partial charge is 0.433 e. The van der Waals surface area contributed by atoms with Crippen LogP contribution in [0.15, 0.2) is 42.9 Å². The SMILES string of the molecule is CC(=O)c1cn2c3c(cc(-c4cnc(C)nc4)cc13)CCCCCCC(=O)CC[C@@]13C[C@@H](C(=O)Cc4nc(C(F)(F)F)ccc4C)N(C(=O)C2)[C@@H]1C3. The van der Waals surface area contributed by atoms with Gasteiger partial charge in [0.25, 0.3) is 0 Å². The van der Waals surface area contributed by atoms with Crippen molar-refractivity contribution in [2.45, 2.75) is 116 Å². The summed E-state index contributed by atoms with van der Waals surface area (Å²) in [6.45, 7) is 4.80. The number of aryl methyl sites for hydroxylation is 3. The fraction of sp³-hybridized carbons (Fsp3) is 0.475. The van der Waals surface area contributed by atoms with E-state index in [0.29, 0.717) is 55.5 Å². The van der Waals surface area contributed by atoms with Gasteiger partial charge in [-0.1, -0.05) is 18.9 Å². The average molecular weight is 714 g/mol. The highest BCUT2D eigenvalue weighted by molar-refractivity contribution is 6.09. The highest BCUT2D eigenvalue weighted by Gasteiger charge is 2.66. The Kier molecular flexibility index (Phi) is 9.37. The van der Waals surface area contributed by atoms with Gasteiger partial charge in [0.05, 0.1) is 23.7 Å². The van der Waals surface area contributed by atoms with Gasteiger partial charge in [-0.2, -0.15) is 13.2 Å². The maximum Gasteiger partial charge on any atom is 0.433 e. The molecule has 3 atom stereocenters. The number of nitrogens with zero attached hydrogens (tertiary/aromatic N) is 5. The molecule has 1 saturated carbocycles. The highest BCUT2D eigenvalue weighted by atomic mass is 19.4. The first kappa shape index (κ1) is 35.7. The minimum Gasteiger partial charge on any atom is -0.337 e. The molecule has 0 radical (unpaired) electrons. The molecule has 12 heteroatoms. The summed E-state index contributed by atoms with van der Waals surface area (Å²) in [7, 11) is 0. The first-order valence-corrected chi connectivity index (χ1v) is 18.1. The second kappa shape index (κ2) is 13.7. The van der Waals surface area contributed by atoms with Crippen molar-refractivity contribution in [1.82, 2.24) is 24.4 Å². The smallest absolute Gasteiger partial charge is 0.337 e. The molecular formula is C40H42F3N5O4. The summed E-state index contributed by atoms with van der Waals surface area (Å²) in [6, 6.07) is 5.10. The summed E-state index contributed by atoms with van der Waals surface area (Å²) >= 11 is 0. The van der Waals surface area contributed by atoms with Crippen LogP contribution in [0.5, 0.6) is 0 Å². The van der Waals surface area contributed by atoms with E-state index in [2.05, 4.69) is 21.0 Å². The molecule has 9 nitrogen and oxygen atoms in total. The lowest BCUT2D eigenvalue weighted by molar-refractivity contribution is -0.141. The lowest BCUT2D eigenvalue weighted by Crippen LogP contribution is -2.45. The molecule has 2 aliphatic heterocycles. The van der Waals surface area contributed by atoms with Crippen LogP contribution in [-0.2, 0) is 39.9 Å². The van der Waals surface area contributed by atoms with E-state index in [4.69, 9.17) is 0 Å². The predicted octanol–water partition coefficient (Wildman–Crippen LogP) is 7.36. The Morgan fingerprint density at radius 3 is 2.38 bits per heavy atom. The summed E-state index contributed by atoms with van der Waals surface area (Å²) in [5.41, 5.74) is 2.92. The van der Waals surface area contributed by atoms with Gasteiger partial charge in [-0.05, 0) is 99.6 Å². The van der Waals surface area contributed by atoms with Crippen molar-refractivity contribution in [3.8, 4) is 11.1 Å². The van der Waals surface area contributed by atoms with Gasteiger partial charge in [0.1, 0.15) is 23.8 Å². The normalized spacial score (nSPS) is 22.7. The lowest BCUT2D eigenvalue weighted by Gasteiger charge is -2.27. The molecule has 52 heavy (non-hydrogen) atoms. The van der Waals surface area contributed by atoms with Crippen molar-refractivity contribution >= 4 is 34.2 Å². The second-order valence-electron chi connectivity index (χ2n) is 14.9. The number of aromatic nitrogens is 4. The quantitative estimate of drug-likeness (QED) is 0.199.